The van der Waals surface area contributed by atoms with Crippen molar-refractivity contribution in [3.8, 4) is 17.0 Å². The molecule has 4 aromatic rings. The Kier molecular flexibility index (Phi) is 5.48. The summed E-state index contributed by atoms with van der Waals surface area (Å²) in [6.07, 6.45) is 1.62. The molecule has 0 saturated heterocycles. The number of hydrogen-bond acceptors (Lipinski definition) is 6. The van der Waals surface area contributed by atoms with E-state index in [4.69, 9.17) is 10.5 Å². The molecule has 1 aliphatic heterocycles. The number of primary amides is 1. The first-order valence-corrected chi connectivity index (χ1v) is 11.3. The molecule has 0 aliphatic carbocycles. The van der Waals surface area contributed by atoms with Crippen LogP contribution >= 0.6 is 0 Å². The SMILES string of the molecule is C[C@](O)(CNC(=O)c1cc2cccnc2[nH]1)c1cc2c(c(-c3ccc(F)cc3)n1)OC[C@]2(C)C(N)=O.[HH]. The number of nitrogens with zero attached hydrogens (tertiary/aromatic N) is 2. The summed E-state index contributed by atoms with van der Waals surface area (Å²) in [5.41, 5.74) is 5.30. The van der Waals surface area contributed by atoms with E-state index >= 15 is 0 Å². The Labute approximate surface area is 207 Å². The van der Waals surface area contributed by atoms with Crippen LogP contribution in [0.1, 0.15) is 37.0 Å². The molecule has 36 heavy (non-hydrogen) atoms. The Morgan fingerprint density at radius 3 is 2.75 bits per heavy atom. The molecule has 5 N–H and O–H groups in total. The lowest BCUT2D eigenvalue weighted by molar-refractivity contribution is -0.123. The Morgan fingerprint density at radius 1 is 1.31 bits per heavy atom. The molecule has 186 valence electrons. The molecular formula is C26H26FN5O4. The van der Waals surface area contributed by atoms with Crippen molar-refractivity contribution in [3.63, 3.8) is 0 Å². The highest BCUT2D eigenvalue weighted by Crippen LogP contribution is 2.45. The maximum absolute atomic E-state index is 13.6. The number of rotatable bonds is 6. The summed E-state index contributed by atoms with van der Waals surface area (Å²) in [6.45, 7) is 2.97. The fourth-order valence-electron chi connectivity index (χ4n) is 4.19. The standard InChI is InChI=1S/C26H24FN5O4.H2/c1-25(24(28)34)13-36-21-17(25)11-19(32-20(21)14-5-7-16(27)8-6-14)26(2,35)12-30-23(33)18-10-15-4-3-9-29-22(15)31-18;/h3-11,35H,12-13H2,1-2H3,(H2,28,34)(H,29,31)(H,30,33);1H/t25-,26-;/m0./s1. The van der Waals surface area contributed by atoms with Gasteiger partial charge in [-0.3, -0.25) is 9.59 Å². The quantitative estimate of drug-likeness (QED) is 0.327. The monoisotopic (exact) mass is 491 g/mol. The fourth-order valence-corrected chi connectivity index (χ4v) is 4.19. The molecule has 1 aliphatic rings. The van der Waals surface area contributed by atoms with Crippen molar-refractivity contribution in [1.82, 2.24) is 20.3 Å². The first-order chi connectivity index (χ1) is 17.1. The van der Waals surface area contributed by atoms with Gasteiger partial charge in [0, 0.05) is 24.1 Å². The predicted molar refractivity (Wildman–Crippen MR) is 132 cm³/mol. The summed E-state index contributed by atoms with van der Waals surface area (Å²) in [5.74, 6) is -1.10. The average molecular weight is 492 g/mol. The third-order valence-electron chi connectivity index (χ3n) is 6.52. The summed E-state index contributed by atoms with van der Waals surface area (Å²) in [4.78, 5) is 36.8. The lowest BCUT2D eigenvalue weighted by atomic mass is 9.82. The molecule has 0 spiro atoms. The number of amides is 2. The third kappa shape index (κ3) is 3.95. The Morgan fingerprint density at radius 2 is 2.06 bits per heavy atom. The van der Waals surface area contributed by atoms with E-state index < -0.39 is 28.6 Å². The van der Waals surface area contributed by atoms with Crippen molar-refractivity contribution in [2.45, 2.75) is 24.9 Å². The Balaban J connectivity index is 0.00000320. The molecule has 3 aromatic heterocycles. The number of pyridine rings is 2. The number of nitrogens with one attached hydrogen (secondary N) is 2. The minimum atomic E-state index is -1.63. The molecule has 0 fully saturated rings. The number of fused-ring (bicyclic) bond motifs is 2. The van der Waals surface area contributed by atoms with Crippen molar-refractivity contribution in [1.29, 1.82) is 0 Å². The predicted octanol–water partition coefficient (Wildman–Crippen LogP) is 2.78. The summed E-state index contributed by atoms with van der Waals surface area (Å²) < 4.78 is 19.4. The number of aromatic amines is 1. The van der Waals surface area contributed by atoms with Gasteiger partial charge in [0.2, 0.25) is 5.91 Å². The van der Waals surface area contributed by atoms with E-state index in [1.54, 1.807) is 31.3 Å². The van der Waals surface area contributed by atoms with Gasteiger partial charge in [-0.05, 0) is 62.4 Å². The number of halogens is 1. The molecule has 2 atom stereocenters. The van der Waals surface area contributed by atoms with Gasteiger partial charge in [0.05, 0.1) is 12.2 Å². The number of nitrogens with two attached hydrogens (primary N) is 1. The summed E-state index contributed by atoms with van der Waals surface area (Å²) in [6, 6.07) is 12.5. The second-order valence-electron chi connectivity index (χ2n) is 9.31. The molecule has 2 amide bonds. The molecule has 0 unspecified atom stereocenters. The third-order valence-corrected chi connectivity index (χ3v) is 6.52. The van der Waals surface area contributed by atoms with Crippen LogP contribution in [0.15, 0.2) is 54.7 Å². The maximum atomic E-state index is 13.6. The van der Waals surface area contributed by atoms with Gasteiger partial charge >= 0.3 is 0 Å². The summed E-state index contributed by atoms with van der Waals surface area (Å²) in [5, 5.41) is 14.9. The maximum Gasteiger partial charge on any atom is 0.267 e. The smallest absolute Gasteiger partial charge is 0.267 e. The van der Waals surface area contributed by atoms with Gasteiger partial charge in [-0.2, -0.15) is 0 Å². The van der Waals surface area contributed by atoms with Crippen molar-refractivity contribution in [2.75, 3.05) is 13.2 Å². The molecule has 5 rings (SSSR count). The molecule has 0 radical (unpaired) electrons. The molecule has 1 aromatic carbocycles. The van der Waals surface area contributed by atoms with E-state index in [-0.39, 0.29) is 20.3 Å². The van der Waals surface area contributed by atoms with Gasteiger partial charge in [-0.1, -0.05) is 0 Å². The van der Waals surface area contributed by atoms with Crippen LogP contribution in [0.3, 0.4) is 0 Å². The number of benzene rings is 1. The zero-order valence-corrected chi connectivity index (χ0v) is 19.6. The van der Waals surface area contributed by atoms with Gasteiger partial charge in [-0.15, -0.1) is 0 Å². The van der Waals surface area contributed by atoms with Gasteiger partial charge in [0.1, 0.15) is 46.2 Å². The minimum absolute atomic E-state index is 0. The van der Waals surface area contributed by atoms with E-state index in [1.165, 1.54) is 31.2 Å². The topological polar surface area (TPSA) is 143 Å². The average Bonchev–Trinajstić information content (AvgIpc) is 3.45. The molecule has 10 heteroatoms. The first-order valence-electron chi connectivity index (χ1n) is 11.3. The number of H-pyrrole nitrogens is 1. The second-order valence-corrected chi connectivity index (χ2v) is 9.31. The highest BCUT2D eigenvalue weighted by molar-refractivity contribution is 5.97. The number of hydrogen-bond donors (Lipinski definition) is 4. The van der Waals surface area contributed by atoms with Gasteiger partial charge in [-0.25, -0.2) is 14.4 Å². The second kappa shape index (κ2) is 8.42. The Bertz CT molecular complexity index is 1470. The number of carbonyl (C=O) groups excluding carboxylic acids is 2. The largest absolute Gasteiger partial charge is 0.489 e. The molecule has 0 bridgehead atoms. The number of ether oxygens (including phenoxy) is 1. The zero-order chi connectivity index (χ0) is 25.7. The molecular weight excluding hydrogens is 465 g/mol. The van der Waals surface area contributed by atoms with Crippen molar-refractivity contribution < 1.29 is 25.2 Å². The van der Waals surface area contributed by atoms with Crippen molar-refractivity contribution >= 4 is 22.8 Å². The highest BCUT2D eigenvalue weighted by Gasteiger charge is 2.45. The van der Waals surface area contributed by atoms with E-state index in [2.05, 4.69) is 20.3 Å². The Hall–Kier alpha value is -4.31. The first kappa shape index (κ1) is 23.4. The zero-order valence-electron chi connectivity index (χ0n) is 19.6. The lowest BCUT2D eigenvalue weighted by Gasteiger charge is -2.26. The van der Waals surface area contributed by atoms with Crippen LogP contribution in [0.25, 0.3) is 22.3 Å². The van der Waals surface area contributed by atoms with Crippen LogP contribution in [0, 0.1) is 5.82 Å². The molecule has 4 heterocycles. The van der Waals surface area contributed by atoms with Crippen molar-refractivity contribution in [2.24, 2.45) is 5.73 Å². The number of aliphatic hydroxyl groups is 1. The number of carbonyl (C=O) groups is 2. The van der Waals surface area contributed by atoms with Crippen molar-refractivity contribution in [3.05, 3.63) is 77.5 Å². The summed E-state index contributed by atoms with van der Waals surface area (Å²) in [7, 11) is 0. The van der Waals surface area contributed by atoms with Gasteiger partial charge in [0.15, 0.2) is 0 Å². The van der Waals surface area contributed by atoms with E-state index in [0.29, 0.717) is 33.9 Å². The van der Waals surface area contributed by atoms with Crippen LogP contribution in [-0.4, -0.2) is 45.0 Å². The molecule has 0 saturated carbocycles. The van der Waals surface area contributed by atoms with E-state index in [0.717, 1.165) is 5.39 Å². The van der Waals surface area contributed by atoms with E-state index in [9.17, 15) is 19.1 Å². The van der Waals surface area contributed by atoms with Crippen LogP contribution in [0.4, 0.5) is 4.39 Å². The lowest BCUT2D eigenvalue weighted by Crippen LogP contribution is -2.41. The fraction of sp³-hybridized carbons (Fsp3) is 0.231. The van der Waals surface area contributed by atoms with Crippen LogP contribution < -0.4 is 15.8 Å². The minimum Gasteiger partial charge on any atom is -0.489 e. The number of aromatic nitrogens is 3. The van der Waals surface area contributed by atoms with Crippen LogP contribution in [0.2, 0.25) is 0 Å². The van der Waals surface area contributed by atoms with Gasteiger partial charge < -0.3 is 25.9 Å². The normalized spacial score (nSPS) is 18.3. The van der Waals surface area contributed by atoms with Gasteiger partial charge in [0.25, 0.3) is 5.91 Å². The van der Waals surface area contributed by atoms with Crippen LogP contribution in [-0.2, 0) is 15.8 Å². The van der Waals surface area contributed by atoms with Crippen LogP contribution in [0.5, 0.6) is 5.75 Å². The van der Waals surface area contributed by atoms with E-state index in [1.807, 2.05) is 6.07 Å². The molecule has 9 nitrogen and oxygen atoms in total. The highest BCUT2D eigenvalue weighted by atomic mass is 19.1. The summed E-state index contributed by atoms with van der Waals surface area (Å²) >= 11 is 0.